The Morgan fingerprint density at radius 1 is 1.55 bits per heavy atom. The number of carbonyl (C=O) groups is 1. The van der Waals surface area contributed by atoms with Crippen molar-refractivity contribution in [2.75, 3.05) is 18.1 Å². The van der Waals surface area contributed by atoms with Crippen molar-refractivity contribution in [3.05, 3.63) is 0 Å². The topological polar surface area (TPSA) is 63.3 Å². The van der Waals surface area contributed by atoms with Crippen LogP contribution in [0.4, 0.5) is 4.79 Å². The number of thiol groups is 1. The van der Waals surface area contributed by atoms with Gasteiger partial charge in [0.05, 0.1) is 0 Å². The van der Waals surface area contributed by atoms with Crippen LogP contribution >= 0.6 is 10.9 Å². The molecule has 4 heteroatoms. The van der Waals surface area contributed by atoms with Gasteiger partial charge in [-0.15, -0.1) is 0 Å². The van der Waals surface area contributed by atoms with E-state index in [0.717, 1.165) is 30.9 Å². The quantitative estimate of drug-likeness (QED) is 0.524. The van der Waals surface area contributed by atoms with Crippen LogP contribution in [0.5, 0.6) is 0 Å². The summed E-state index contributed by atoms with van der Waals surface area (Å²) >= 11 is 0. The maximum atomic E-state index is 10.5. The fraction of sp³-hybridized carbons (Fsp3) is 0.857. The first-order chi connectivity index (χ1) is 5.24. The SMILES string of the molecule is NCC1CC[SH](C(=O)O)CC1. The predicted molar refractivity (Wildman–Crippen MR) is 48.5 cm³/mol. The first-order valence-corrected chi connectivity index (χ1v) is 5.63. The van der Waals surface area contributed by atoms with Crippen LogP contribution in [0.2, 0.25) is 0 Å². The van der Waals surface area contributed by atoms with Crippen molar-refractivity contribution in [1.82, 2.24) is 0 Å². The van der Waals surface area contributed by atoms with Gasteiger partial charge < -0.3 is 10.8 Å². The van der Waals surface area contributed by atoms with Gasteiger partial charge in [-0.05, 0) is 36.8 Å². The van der Waals surface area contributed by atoms with Crippen molar-refractivity contribution < 1.29 is 9.90 Å². The third-order valence-corrected chi connectivity index (χ3v) is 4.36. The average molecular weight is 177 g/mol. The van der Waals surface area contributed by atoms with Crippen LogP contribution in [0.3, 0.4) is 0 Å². The molecule has 0 amide bonds. The Morgan fingerprint density at radius 2 is 2.09 bits per heavy atom. The largest absolute Gasteiger partial charge is 0.474 e. The Labute approximate surface area is 69.3 Å². The van der Waals surface area contributed by atoms with Crippen molar-refractivity contribution in [1.29, 1.82) is 0 Å². The lowest BCUT2D eigenvalue weighted by molar-refractivity contribution is 0.221. The van der Waals surface area contributed by atoms with Crippen molar-refractivity contribution in [2.45, 2.75) is 12.8 Å². The number of carboxylic acid groups (broad SMARTS) is 1. The summed E-state index contributed by atoms with van der Waals surface area (Å²) in [5.74, 6) is 2.35. The van der Waals surface area contributed by atoms with Crippen LogP contribution in [0.15, 0.2) is 0 Å². The first kappa shape index (κ1) is 8.87. The van der Waals surface area contributed by atoms with Gasteiger partial charge in [-0.25, -0.2) is 4.79 Å². The second-order valence-corrected chi connectivity index (χ2v) is 5.31. The molecule has 3 nitrogen and oxygen atoms in total. The summed E-state index contributed by atoms with van der Waals surface area (Å²) in [6.07, 6.45) is 2.04. The van der Waals surface area contributed by atoms with Crippen LogP contribution in [-0.2, 0) is 0 Å². The molecule has 0 bridgehead atoms. The molecule has 0 aromatic rings. The molecule has 1 fully saturated rings. The van der Waals surface area contributed by atoms with Gasteiger partial charge in [0.2, 0.25) is 0 Å². The van der Waals surface area contributed by atoms with Crippen LogP contribution < -0.4 is 5.73 Å². The van der Waals surface area contributed by atoms with Gasteiger partial charge in [-0.1, -0.05) is 0 Å². The average Bonchev–Trinajstić information content (AvgIpc) is 2.05. The number of rotatable bonds is 1. The summed E-state index contributed by atoms with van der Waals surface area (Å²) in [6.45, 7) is 0.725. The van der Waals surface area contributed by atoms with Gasteiger partial charge in [0, 0.05) is 0 Å². The lowest BCUT2D eigenvalue weighted by atomic mass is 10.0. The summed E-state index contributed by atoms with van der Waals surface area (Å²) in [6, 6.07) is 0. The maximum Gasteiger partial charge on any atom is 0.344 e. The van der Waals surface area contributed by atoms with E-state index in [2.05, 4.69) is 0 Å². The van der Waals surface area contributed by atoms with E-state index in [0.29, 0.717) is 5.92 Å². The van der Waals surface area contributed by atoms with Crippen LogP contribution in [-0.4, -0.2) is 28.5 Å². The van der Waals surface area contributed by atoms with Gasteiger partial charge in [0.1, 0.15) is 0 Å². The molecule has 1 heterocycles. The van der Waals surface area contributed by atoms with Crippen molar-refractivity contribution in [3.8, 4) is 0 Å². The molecule has 0 aromatic heterocycles. The van der Waals surface area contributed by atoms with E-state index in [9.17, 15) is 4.79 Å². The van der Waals surface area contributed by atoms with Crippen molar-refractivity contribution >= 4 is 16.2 Å². The number of hydrogen-bond acceptors (Lipinski definition) is 2. The maximum absolute atomic E-state index is 10.5. The Hall–Kier alpha value is -0.220. The summed E-state index contributed by atoms with van der Waals surface area (Å²) < 4.78 is 0. The van der Waals surface area contributed by atoms with Crippen LogP contribution in [0.1, 0.15) is 12.8 Å². The monoisotopic (exact) mass is 177 g/mol. The van der Waals surface area contributed by atoms with Gasteiger partial charge in [-0.3, -0.25) is 0 Å². The highest BCUT2D eigenvalue weighted by atomic mass is 32.2. The Morgan fingerprint density at radius 3 is 2.45 bits per heavy atom. The van der Waals surface area contributed by atoms with E-state index < -0.39 is 16.2 Å². The lowest BCUT2D eigenvalue weighted by Gasteiger charge is -2.27. The lowest BCUT2D eigenvalue weighted by Crippen LogP contribution is -2.23. The molecule has 1 aliphatic heterocycles. The second kappa shape index (κ2) is 3.97. The third-order valence-electron chi connectivity index (χ3n) is 2.22. The first-order valence-electron chi connectivity index (χ1n) is 3.92. The smallest absolute Gasteiger partial charge is 0.344 e. The molecule has 0 aromatic carbocycles. The van der Waals surface area contributed by atoms with Crippen LogP contribution in [0, 0.1) is 5.92 Å². The number of hydrogen-bond donors (Lipinski definition) is 3. The van der Waals surface area contributed by atoms with E-state index in [-0.39, 0.29) is 0 Å². The van der Waals surface area contributed by atoms with Crippen molar-refractivity contribution in [3.63, 3.8) is 0 Å². The molecule has 0 radical (unpaired) electrons. The third kappa shape index (κ3) is 2.38. The fourth-order valence-corrected chi connectivity index (χ4v) is 3.32. The molecule has 0 unspecified atom stereocenters. The molecule has 1 aliphatic rings. The minimum atomic E-state index is -0.702. The summed E-state index contributed by atoms with van der Waals surface area (Å²) in [5.41, 5.74) is 5.48. The zero-order valence-electron chi connectivity index (χ0n) is 6.49. The highest BCUT2D eigenvalue weighted by molar-refractivity contribution is 8.29. The van der Waals surface area contributed by atoms with Crippen LogP contribution in [0.25, 0.3) is 0 Å². The molecule has 66 valence electrons. The second-order valence-electron chi connectivity index (χ2n) is 2.95. The van der Waals surface area contributed by atoms with Gasteiger partial charge >= 0.3 is 5.30 Å². The predicted octanol–water partition coefficient (Wildman–Crippen LogP) is 1.03. The molecule has 1 saturated heterocycles. The molecule has 3 N–H and O–H groups in total. The molecule has 0 spiro atoms. The normalized spacial score (nSPS) is 35.0. The zero-order chi connectivity index (χ0) is 8.27. The summed E-state index contributed by atoms with van der Waals surface area (Å²) in [5, 5.41) is 8.12. The van der Waals surface area contributed by atoms with Gasteiger partial charge in [0.25, 0.3) is 0 Å². The molecule has 1 rings (SSSR count). The Balaban J connectivity index is 2.30. The van der Waals surface area contributed by atoms with E-state index in [1.54, 1.807) is 0 Å². The minimum Gasteiger partial charge on any atom is -0.474 e. The van der Waals surface area contributed by atoms with Gasteiger partial charge in [-0.2, -0.15) is 10.9 Å². The molecular formula is C7H15NO2S. The molecule has 0 saturated carbocycles. The minimum absolute atomic E-state index is 0.574. The molecule has 0 atom stereocenters. The Bertz CT molecular complexity index is 143. The highest BCUT2D eigenvalue weighted by Gasteiger charge is 2.21. The standard InChI is InChI=1S/C7H15NO2S/c8-5-6-1-3-11(4-2-6)7(9)10/h6,11H,1-5,8H2,(H,9,10). The van der Waals surface area contributed by atoms with Crippen molar-refractivity contribution in [2.24, 2.45) is 11.7 Å². The van der Waals surface area contributed by atoms with E-state index in [1.165, 1.54) is 0 Å². The van der Waals surface area contributed by atoms with E-state index >= 15 is 0 Å². The summed E-state index contributed by atoms with van der Waals surface area (Å²) in [7, 11) is -0.702. The van der Waals surface area contributed by atoms with E-state index in [4.69, 9.17) is 10.8 Å². The van der Waals surface area contributed by atoms with Gasteiger partial charge in [0.15, 0.2) is 0 Å². The summed E-state index contributed by atoms with van der Waals surface area (Å²) in [4.78, 5) is 10.5. The molecule has 11 heavy (non-hydrogen) atoms. The Kier molecular flexibility index (Phi) is 3.20. The van der Waals surface area contributed by atoms with E-state index in [1.807, 2.05) is 0 Å². The fourth-order valence-electron chi connectivity index (χ4n) is 1.36. The molecule has 0 aliphatic carbocycles. The zero-order valence-corrected chi connectivity index (χ0v) is 7.39. The highest BCUT2D eigenvalue weighted by Crippen LogP contribution is 2.35. The number of nitrogens with two attached hydrogens (primary N) is 1. The molecular weight excluding hydrogens is 162 g/mol.